The van der Waals surface area contributed by atoms with Gasteiger partial charge in [-0.3, -0.25) is 4.79 Å². The first-order chi connectivity index (χ1) is 13.0. The van der Waals surface area contributed by atoms with E-state index in [0.29, 0.717) is 0 Å². The van der Waals surface area contributed by atoms with E-state index in [1.165, 1.54) is 11.8 Å². The van der Waals surface area contributed by atoms with Crippen LogP contribution in [-0.2, 0) is 11.8 Å². The van der Waals surface area contributed by atoms with Gasteiger partial charge < -0.3 is 19.1 Å². The van der Waals surface area contributed by atoms with Crippen molar-refractivity contribution in [2.45, 2.75) is 24.3 Å². The Morgan fingerprint density at radius 3 is 2.67 bits per heavy atom. The number of aromatic nitrogens is 3. The summed E-state index contributed by atoms with van der Waals surface area (Å²) in [7, 11) is 3.57. The van der Waals surface area contributed by atoms with Gasteiger partial charge in [-0.2, -0.15) is 0 Å². The second-order valence-electron chi connectivity index (χ2n) is 6.62. The number of rotatable bonds is 6. The topological polar surface area (TPSA) is 63.5 Å². The summed E-state index contributed by atoms with van der Waals surface area (Å²) in [5.74, 6) is 1.70. The van der Waals surface area contributed by atoms with Gasteiger partial charge in [0.05, 0.1) is 12.4 Å². The Balaban J connectivity index is 1.67. The first-order valence-corrected chi connectivity index (χ1v) is 10.1. The molecule has 1 amide bonds. The molecule has 146 valence electrons. The Hall–Kier alpha value is -2.06. The van der Waals surface area contributed by atoms with Gasteiger partial charge in [0.15, 0.2) is 11.0 Å². The molecule has 3 rings (SSSR count). The fourth-order valence-corrected chi connectivity index (χ4v) is 4.08. The number of benzene rings is 1. The summed E-state index contributed by atoms with van der Waals surface area (Å²) in [6, 6.07) is 7.73. The number of hydrogen-bond donors (Lipinski definition) is 0. The van der Waals surface area contributed by atoms with Crippen LogP contribution in [0.25, 0.3) is 11.4 Å². The van der Waals surface area contributed by atoms with Crippen molar-refractivity contribution in [3.05, 3.63) is 24.3 Å². The van der Waals surface area contributed by atoms with Gasteiger partial charge in [0.1, 0.15) is 5.75 Å². The number of piperazine rings is 1. The van der Waals surface area contributed by atoms with Gasteiger partial charge in [-0.1, -0.05) is 30.8 Å². The summed E-state index contributed by atoms with van der Waals surface area (Å²) in [5, 5.41) is 9.15. The van der Waals surface area contributed by atoms with Crippen LogP contribution in [0.15, 0.2) is 29.4 Å². The molecule has 0 spiro atoms. The summed E-state index contributed by atoms with van der Waals surface area (Å²) in [6.45, 7) is 8.63. The first kappa shape index (κ1) is 19.7. The van der Waals surface area contributed by atoms with Crippen LogP contribution in [0.1, 0.15) is 13.8 Å². The van der Waals surface area contributed by atoms with Crippen LogP contribution in [0.2, 0.25) is 0 Å². The molecule has 0 unspecified atom stereocenters. The SMILES string of the molecule is CCN1CCN(C(=O)[C@@H](C)Sc2nnc(-c3cccc(OC)c3)n2C)CC1. The molecule has 2 aromatic rings. The summed E-state index contributed by atoms with van der Waals surface area (Å²) in [4.78, 5) is 17.1. The Morgan fingerprint density at radius 2 is 2.00 bits per heavy atom. The Labute approximate surface area is 164 Å². The summed E-state index contributed by atoms with van der Waals surface area (Å²) in [5.41, 5.74) is 0.936. The van der Waals surface area contributed by atoms with Crippen molar-refractivity contribution in [1.29, 1.82) is 0 Å². The third-order valence-electron chi connectivity index (χ3n) is 4.92. The second-order valence-corrected chi connectivity index (χ2v) is 7.92. The van der Waals surface area contributed by atoms with Crippen molar-refractivity contribution in [1.82, 2.24) is 24.6 Å². The van der Waals surface area contributed by atoms with Crippen molar-refractivity contribution in [3.63, 3.8) is 0 Å². The molecule has 0 radical (unpaired) electrons. The maximum atomic E-state index is 12.8. The molecule has 27 heavy (non-hydrogen) atoms. The zero-order valence-corrected chi connectivity index (χ0v) is 17.2. The van der Waals surface area contributed by atoms with E-state index < -0.39 is 0 Å². The fraction of sp³-hybridized carbons (Fsp3) is 0.526. The molecular formula is C19H27N5O2S. The fourth-order valence-electron chi connectivity index (χ4n) is 3.18. The molecule has 8 heteroatoms. The van der Waals surface area contributed by atoms with Gasteiger partial charge in [0, 0.05) is 38.8 Å². The quantitative estimate of drug-likeness (QED) is 0.706. The highest BCUT2D eigenvalue weighted by Crippen LogP contribution is 2.28. The highest BCUT2D eigenvalue weighted by atomic mass is 32.2. The first-order valence-electron chi connectivity index (χ1n) is 9.25. The number of carbonyl (C=O) groups excluding carboxylic acids is 1. The van der Waals surface area contributed by atoms with Gasteiger partial charge in [0.25, 0.3) is 0 Å². The number of likely N-dealkylation sites (N-methyl/N-ethyl adjacent to an activating group) is 1. The summed E-state index contributed by atoms with van der Waals surface area (Å²) < 4.78 is 7.21. The number of nitrogens with zero attached hydrogens (tertiary/aromatic N) is 5. The molecule has 0 bridgehead atoms. The van der Waals surface area contributed by atoms with Crippen molar-refractivity contribution in [2.75, 3.05) is 39.8 Å². The van der Waals surface area contributed by atoms with E-state index >= 15 is 0 Å². The molecule has 1 atom stereocenters. The predicted octanol–water partition coefficient (Wildman–Crippen LogP) is 2.14. The van der Waals surface area contributed by atoms with E-state index in [1.807, 2.05) is 47.7 Å². The Bertz CT molecular complexity index is 786. The smallest absolute Gasteiger partial charge is 0.235 e. The summed E-state index contributed by atoms with van der Waals surface area (Å²) >= 11 is 1.46. The van der Waals surface area contributed by atoms with Crippen LogP contribution >= 0.6 is 11.8 Å². The molecule has 1 aromatic carbocycles. The number of methoxy groups -OCH3 is 1. The number of thioether (sulfide) groups is 1. The largest absolute Gasteiger partial charge is 0.497 e. The average molecular weight is 390 g/mol. The molecular weight excluding hydrogens is 362 g/mol. The van der Waals surface area contributed by atoms with Crippen LogP contribution in [0.3, 0.4) is 0 Å². The van der Waals surface area contributed by atoms with E-state index in [0.717, 1.165) is 55.0 Å². The number of carbonyl (C=O) groups is 1. The third kappa shape index (κ3) is 4.44. The molecule has 1 aliphatic rings. The maximum Gasteiger partial charge on any atom is 0.235 e. The molecule has 1 fully saturated rings. The lowest BCUT2D eigenvalue weighted by molar-refractivity contribution is -0.132. The standard InChI is InChI=1S/C19H27N5O2S/c1-5-23-9-11-24(12-10-23)18(25)14(2)27-19-21-20-17(22(19)3)15-7-6-8-16(13-15)26-4/h6-8,13-14H,5,9-12H2,1-4H3/t14-/m1/s1. The van der Waals surface area contributed by atoms with Crippen LogP contribution in [0, 0.1) is 0 Å². The van der Waals surface area contributed by atoms with Crippen molar-refractivity contribution in [3.8, 4) is 17.1 Å². The normalized spacial score (nSPS) is 16.4. The second kappa shape index (κ2) is 8.75. The van der Waals surface area contributed by atoms with Crippen LogP contribution in [0.4, 0.5) is 0 Å². The Morgan fingerprint density at radius 1 is 1.26 bits per heavy atom. The number of amides is 1. The molecule has 1 aromatic heterocycles. The van der Waals surface area contributed by atoms with Gasteiger partial charge in [-0.25, -0.2) is 0 Å². The summed E-state index contributed by atoms with van der Waals surface area (Å²) in [6.07, 6.45) is 0. The van der Waals surface area contributed by atoms with E-state index in [1.54, 1.807) is 7.11 Å². The van der Waals surface area contributed by atoms with Crippen LogP contribution < -0.4 is 4.74 Å². The van der Waals surface area contributed by atoms with E-state index in [4.69, 9.17) is 4.74 Å². The van der Waals surface area contributed by atoms with Gasteiger partial charge in [-0.15, -0.1) is 10.2 Å². The minimum absolute atomic E-state index is 0.168. The Kier molecular flexibility index (Phi) is 6.38. The van der Waals surface area contributed by atoms with Gasteiger partial charge in [0.2, 0.25) is 5.91 Å². The number of ether oxygens (including phenoxy) is 1. The monoisotopic (exact) mass is 389 g/mol. The molecule has 1 saturated heterocycles. The van der Waals surface area contributed by atoms with Crippen molar-refractivity contribution < 1.29 is 9.53 Å². The van der Waals surface area contributed by atoms with Crippen LogP contribution in [-0.4, -0.2) is 75.6 Å². The molecule has 7 nitrogen and oxygen atoms in total. The minimum Gasteiger partial charge on any atom is -0.497 e. The lowest BCUT2D eigenvalue weighted by Crippen LogP contribution is -2.50. The van der Waals surface area contributed by atoms with Crippen molar-refractivity contribution >= 4 is 17.7 Å². The predicted molar refractivity (Wildman–Crippen MR) is 107 cm³/mol. The molecule has 0 saturated carbocycles. The van der Waals surface area contributed by atoms with E-state index in [9.17, 15) is 4.79 Å². The highest BCUT2D eigenvalue weighted by molar-refractivity contribution is 8.00. The number of hydrogen-bond acceptors (Lipinski definition) is 6. The van der Waals surface area contributed by atoms with Gasteiger partial charge >= 0.3 is 0 Å². The minimum atomic E-state index is -0.195. The van der Waals surface area contributed by atoms with E-state index in [-0.39, 0.29) is 11.2 Å². The molecule has 1 aliphatic heterocycles. The lowest BCUT2D eigenvalue weighted by atomic mass is 10.2. The maximum absolute atomic E-state index is 12.8. The van der Waals surface area contributed by atoms with Gasteiger partial charge in [-0.05, 0) is 25.6 Å². The van der Waals surface area contributed by atoms with Crippen LogP contribution in [0.5, 0.6) is 5.75 Å². The zero-order chi connectivity index (χ0) is 19.4. The zero-order valence-electron chi connectivity index (χ0n) is 16.4. The molecule has 0 N–H and O–H groups in total. The highest BCUT2D eigenvalue weighted by Gasteiger charge is 2.26. The lowest BCUT2D eigenvalue weighted by Gasteiger charge is -2.35. The average Bonchev–Trinajstić information content (AvgIpc) is 3.07. The van der Waals surface area contributed by atoms with E-state index in [2.05, 4.69) is 22.0 Å². The third-order valence-corrected chi connectivity index (χ3v) is 6.05. The molecule has 2 heterocycles. The van der Waals surface area contributed by atoms with Crippen molar-refractivity contribution in [2.24, 2.45) is 7.05 Å². The molecule has 0 aliphatic carbocycles.